The van der Waals surface area contributed by atoms with Gasteiger partial charge in [0.1, 0.15) is 12.2 Å². The van der Waals surface area contributed by atoms with Gasteiger partial charge in [-0.25, -0.2) is 9.18 Å². The van der Waals surface area contributed by atoms with Gasteiger partial charge in [-0.1, -0.05) is 6.92 Å². The molecule has 1 aliphatic rings. The lowest BCUT2D eigenvalue weighted by atomic mass is 10.1. The van der Waals surface area contributed by atoms with Crippen molar-refractivity contribution in [2.24, 2.45) is 0 Å². The van der Waals surface area contributed by atoms with E-state index in [0.717, 1.165) is 6.20 Å². The Balaban J connectivity index is 2.52. The molecule has 9 heteroatoms. The normalized spacial score (nSPS) is 33.5. The number of aromatic nitrogens is 2. The van der Waals surface area contributed by atoms with Crippen LogP contribution in [0.25, 0.3) is 0 Å². The van der Waals surface area contributed by atoms with Crippen LogP contribution in [0.1, 0.15) is 18.7 Å². The van der Waals surface area contributed by atoms with E-state index in [-0.39, 0.29) is 12.0 Å². The molecular formula is C11H15FN2O6. The van der Waals surface area contributed by atoms with Crippen LogP contribution in [0.5, 0.6) is 0 Å². The SMILES string of the molecule is CCc1cn([C@@H]2O[C@H](CO)[C@H](O)[C@]2(O)F)c(=O)[nH]c1=O. The number of H-pyrrole nitrogens is 1. The van der Waals surface area contributed by atoms with Gasteiger partial charge in [0.25, 0.3) is 11.4 Å². The highest BCUT2D eigenvalue weighted by Crippen LogP contribution is 2.38. The first kappa shape index (κ1) is 14.9. The van der Waals surface area contributed by atoms with Crippen molar-refractivity contribution in [2.75, 3.05) is 6.61 Å². The third kappa shape index (κ3) is 2.18. The lowest BCUT2D eigenvalue weighted by Gasteiger charge is -2.23. The van der Waals surface area contributed by atoms with Crippen molar-refractivity contribution < 1.29 is 24.4 Å². The Bertz CT molecular complexity index is 610. The van der Waals surface area contributed by atoms with Crippen LogP contribution in [0.2, 0.25) is 0 Å². The molecule has 0 unspecified atom stereocenters. The van der Waals surface area contributed by atoms with Gasteiger partial charge in [0.05, 0.1) is 6.61 Å². The summed E-state index contributed by atoms with van der Waals surface area (Å²) in [4.78, 5) is 25.1. The first-order valence-electron chi connectivity index (χ1n) is 6.02. The van der Waals surface area contributed by atoms with Gasteiger partial charge >= 0.3 is 5.69 Å². The molecule has 0 spiro atoms. The molecule has 112 valence electrons. The van der Waals surface area contributed by atoms with Crippen LogP contribution < -0.4 is 11.2 Å². The van der Waals surface area contributed by atoms with E-state index in [0.29, 0.717) is 4.57 Å². The summed E-state index contributed by atoms with van der Waals surface area (Å²) in [5, 5.41) is 28.1. The van der Waals surface area contributed by atoms with Crippen molar-refractivity contribution in [3.8, 4) is 0 Å². The number of nitrogens with zero attached hydrogens (tertiary/aromatic N) is 1. The number of hydrogen-bond acceptors (Lipinski definition) is 6. The summed E-state index contributed by atoms with van der Waals surface area (Å²) < 4.78 is 19.7. The summed E-state index contributed by atoms with van der Waals surface area (Å²) >= 11 is 0. The van der Waals surface area contributed by atoms with E-state index in [4.69, 9.17) is 9.84 Å². The fourth-order valence-electron chi connectivity index (χ4n) is 2.10. The highest BCUT2D eigenvalue weighted by atomic mass is 19.2. The van der Waals surface area contributed by atoms with E-state index >= 15 is 0 Å². The lowest BCUT2D eigenvalue weighted by molar-refractivity contribution is -0.197. The third-order valence-corrected chi connectivity index (χ3v) is 3.27. The standard InChI is InChI=1S/C11H15FN2O6/c1-2-5-3-14(10(18)13-8(5)17)9-11(12,19)7(16)6(4-15)20-9/h3,6-7,9,15-16,19H,2,4H2,1H3,(H,13,17,18)/t6-,7+,9-,11-/m1/s1. The quantitative estimate of drug-likeness (QED) is 0.511. The van der Waals surface area contributed by atoms with Crippen LogP contribution in [-0.2, 0) is 11.2 Å². The number of nitrogens with one attached hydrogen (secondary N) is 1. The molecule has 0 bridgehead atoms. The average Bonchev–Trinajstić information content (AvgIpc) is 2.62. The van der Waals surface area contributed by atoms with Crippen molar-refractivity contribution in [2.45, 2.75) is 37.6 Å². The molecule has 1 aliphatic heterocycles. The molecule has 0 aliphatic carbocycles. The Kier molecular flexibility index (Phi) is 3.78. The Morgan fingerprint density at radius 1 is 1.55 bits per heavy atom. The van der Waals surface area contributed by atoms with Crippen LogP contribution in [0.3, 0.4) is 0 Å². The number of ether oxygens (including phenoxy) is 1. The summed E-state index contributed by atoms with van der Waals surface area (Å²) in [5.41, 5.74) is -1.42. The maximum absolute atomic E-state index is 14.1. The maximum atomic E-state index is 14.1. The Hall–Kier alpha value is -1.55. The molecule has 4 atom stereocenters. The Labute approximate surface area is 112 Å². The predicted octanol–water partition coefficient (Wildman–Crippen LogP) is -1.99. The highest BCUT2D eigenvalue weighted by molar-refractivity contribution is 5.06. The Morgan fingerprint density at radius 3 is 2.70 bits per heavy atom. The summed E-state index contributed by atoms with van der Waals surface area (Å²) in [7, 11) is 0. The van der Waals surface area contributed by atoms with E-state index in [1.54, 1.807) is 6.92 Å². The molecular weight excluding hydrogens is 275 g/mol. The minimum absolute atomic E-state index is 0.186. The van der Waals surface area contributed by atoms with Gasteiger partial charge in [-0.05, 0) is 6.42 Å². The van der Waals surface area contributed by atoms with Crippen molar-refractivity contribution in [3.05, 3.63) is 32.6 Å². The van der Waals surface area contributed by atoms with Crippen LogP contribution in [0.15, 0.2) is 15.8 Å². The number of aryl methyl sites for hydroxylation is 1. The molecule has 8 nitrogen and oxygen atoms in total. The number of hydrogen-bond donors (Lipinski definition) is 4. The smallest absolute Gasteiger partial charge is 0.330 e. The zero-order valence-electron chi connectivity index (χ0n) is 10.6. The molecule has 2 heterocycles. The van der Waals surface area contributed by atoms with Crippen LogP contribution in [-0.4, -0.2) is 49.5 Å². The van der Waals surface area contributed by atoms with Crippen molar-refractivity contribution in [3.63, 3.8) is 0 Å². The van der Waals surface area contributed by atoms with Gasteiger partial charge in [0.15, 0.2) is 6.23 Å². The maximum Gasteiger partial charge on any atom is 0.330 e. The molecule has 0 saturated carbocycles. The molecule has 1 fully saturated rings. The number of aliphatic hydroxyl groups is 3. The van der Waals surface area contributed by atoms with Crippen molar-refractivity contribution in [1.29, 1.82) is 0 Å². The molecule has 1 aromatic heterocycles. The largest absolute Gasteiger partial charge is 0.394 e. The molecule has 0 radical (unpaired) electrons. The summed E-state index contributed by atoms with van der Waals surface area (Å²) in [5.74, 6) is -3.26. The van der Waals surface area contributed by atoms with E-state index in [1.807, 2.05) is 4.98 Å². The number of halogens is 1. The van der Waals surface area contributed by atoms with E-state index < -0.39 is 42.1 Å². The summed E-state index contributed by atoms with van der Waals surface area (Å²) in [6, 6.07) is 0. The van der Waals surface area contributed by atoms with Gasteiger partial charge < -0.3 is 20.1 Å². The van der Waals surface area contributed by atoms with Gasteiger partial charge in [-0.3, -0.25) is 14.3 Å². The first-order valence-corrected chi connectivity index (χ1v) is 6.02. The van der Waals surface area contributed by atoms with Gasteiger partial charge in [0, 0.05) is 11.8 Å². The minimum Gasteiger partial charge on any atom is -0.394 e. The van der Waals surface area contributed by atoms with Crippen LogP contribution >= 0.6 is 0 Å². The van der Waals surface area contributed by atoms with Crippen LogP contribution in [0.4, 0.5) is 4.39 Å². The fourth-order valence-corrected chi connectivity index (χ4v) is 2.10. The zero-order chi connectivity index (χ0) is 15.1. The first-order chi connectivity index (χ1) is 9.32. The second-order valence-electron chi connectivity index (χ2n) is 4.56. The number of aromatic amines is 1. The molecule has 1 aromatic rings. The number of aliphatic hydroxyl groups excluding tert-OH is 2. The minimum atomic E-state index is -3.26. The second kappa shape index (κ2) is 5.09. The highest BCUT2D eigenvalue weighted by Gasteiger charge is 2.57. The van der Waals surface area contributed by atoms with E-state index in [1.165, 1.54) is 0 Å². The summed E-state index contributed by atoms with van der Waals surface area (Å²) in [6.45, 7) is 0.921. The lowest BCUT2D eigenvalue weighted by Crippen LogP contribution is -2.46. The van der Waals surface area contributed by atoms with E-state index in [9.17, 15) is 24.2 Å². The fraction of sp³-hybridized carbons (Fsp3) is 0.636. The molecule has 2 rings (SSSR count). The Morgan fingerprint density at radius 2 is 2.20 bits per heavy atom. The van der Waals surface area contributed by atoms with Gasteiger partial charge in [0.2, 0.25) is 0 Å². The van der Waals surface area contributed by atoms with Crippen molar-refractivity contribution in [1.82, 2.24) is 9.55 Å². The molecule has 1 saturated heterocycles. The molecule has 4 N–H and O–H groups in total. The van der Waals surface area contributed by atoms with Gasteiger partial charge in [-0.2, -0.15) is 0 Å². The molecule has 20 heavy (non-hydrogen) atoms. The zero-order valence-corrected chi connectivity index (χ0v) is 10.6. The summed E-state index contributed by atoms with van der Waals surface area (Å²) in [6.07, 6.45) is -3.91. The molecule has 0 aromatic carbocycles. The number of alkyl halides is 1. The second-order valence-corrected chi connectivity index (χ2v) is 4.56. The van der Waals surface area contributed by atoms with E-state index in [2.05, 4.69) is 0 Å². The monoisotopic (exact) mass is 290 g/mol. The van der Waals surface area contributed by atoms with Crippen molar-refractivity contribution >= 4 is 0 Å². The van der Waals surface area contributed by atoms with Crippen LogP contribution in [0, 0.1) is 0 Å². The third-order valence-electron chi connectivity index (χ3n) is 3.27. The van der Waals surface area contributed by atoms with Gasteiger partial charge in [-0.15, -0.1) is 0 Å². The molecule has 0 amide bonds. The predicted molar refractivity (Wildman–Crippen MR) is 63.8 cm³/mol. The average molecular weight is 290 g/mol. The number of rotatable bonds is 3. The topological polar surface area (TPSA) is 125 Å².